The highest BCUT2D eigenvalue weighted by atomic mass is 79.9. The van der Waals surface area contributed by atoms with Gasteiger partial charge in [0, 0.05) is 23.6 Å². The van der Waals surface area contributed by atoms with E-state index in [4.69, 9.17) is 5.14 Å². The molecule has 0 amide bonds. The summed E-state index contributed by atoms with van der Waals surface area (Å²) < 4.78 is 25.4. The minimum Gasteiger partial charge on any atom is -0.329 e. The van der Waals surface area contributed by atoms with Crippen molar-refractivity contribution in [2.45, 2.75) is 24.9 Å². The zero-order chi connectivity index (χ0) is 14.0. The van der Waals surface area contributed by atoms with Crippen LogP contribution in [0.1, 0.15) is 18.3 Å². The fraction of sp³-hybridized carbons (Fsp3) is 0.250. The van der Waals surface area contributed by atoms with Crippen molar-refractivity contribution in [2.75, 3.05) is 0 Å². The van der Waals surface area contributed by atoms with E-state index in [1.807, 2.05) is 31.2 Å². The Bertz CT molecular complexity index is 695. The number of imidazole rings is 1. The van der Waals surface area contributed by atoms with Gasteiger partial charge < -0.3 is 4.57 Å². The van der Waals surface area contributed by atoms with E-state index in [1.54, 1.807) is 4.57 Å². The van der Waals surface area contributed by atoms with Crippen LogP contribution in [0.15, 0.2) is 40.0 Å². The molecule has 2 rings (SSSR count). The smallest absolute Gasteiger partial charge is 0.257 e. The van der Waals surface area contributed by atoms with Gasteiger partial charge in [0.05, 0.1) is 0 Å². The normalized spacial score (nSPS) is 11.7. The van der Waals surface area contributed by atoms with Gasteiger partial charge in [0.15, 0.2) is 5.03 Å². The van der Waals surface area contributed by atoms with Crippen LogP contribution < -0.4 is 5.14 Å². The van der Waals surface area contributed by atoms with Gasteiger partial charge in [-0.1, -0.05) is 41.1 Å². The maximum absolute atomic E-state index is 11.3. The molecule has 0 aliphatic carbocycles. The monoisotopic (exact) mass is 343 g/mol. The fourth-order valence-corrected chi connectivity index (χ4v) is 2.71. The molecular weight excluding hydrogens is 330 g/mol. The summed E-state index contributed by atoms with van der Waals surface area (Å²) in [5.41, 5.74) is 1.05. The minimum atomic E-state index is -3.76. The summed E-state index contributed by atoms with van der Waals surface area (Å²) in [5, 5.41) is 5.02. The highest BCUT2D eigenvalue weighted by molar-refractivity contribution is 9.10. The molecule has 0 unspecified atom stereocenters. The number of benzene rings is 1. The first kappa shape index (κ1) is 14.2. The largest absolute Gasteiger partial charge is 0.329 e. The third kappa shape index (κ3) is 3.23. The standard InChI is InChI=1S/C12H14BrN3O2S/c1-2-11-15-12(19(14,17)18)8-16(11)7-9-5-3-4-6-10(9)13/h3-6,8H,2,7H2,1H3,(H2,14,17,18). The van der Waals surface area contributed by atoms with Crippen molar-refractivity contribution in [3.05, 3.63) is 46.3 Å². The van der Waals surface area contributed by atoms with Gasteiger partial charge in [-0.25, -0.2) is 18.5 Å². The Balaban J connectivity index is 2.40. The molecule has 1 heterocycles. The van der Waals surface area contributed by atoms with Crippen LogP contribution in [0.2, 0.25) is 0 Å². The average Bonchev–Trinajstić information content (AvgIpc) is 2.75. The van der Waals surface area contributed by atoms with Gasteiger partial charge in [0.2, 0.25) is 0 Å². The van der Waals surface area contributed by atoms with E-state index < -0.39 is 10.0 Å². The van der Waals surface area contributed by atoms with E-state index in [1.165, 1.54) is 6.20 Å². The van der Waals surface area contributed by atoms with Gasteiger partial charge >= 0.3 is 0 Å². The van der Waals surface area contributed by atoms with Crippen LogP contribution in [-0.4, -0.2) is 18.0 Å². The highest BCUT2D eigenvalue weighted by Gasteiger charge is 2.15. The lowest BCUT2D eigenvalue weighted by molar-refractivity contribution is 0.594. The van der Waals surface area contributed by atoms with E-state index >= 15 is 0 Å². The van der Waals surface area contributed by atoms with Crippen molar-refractivity contribution in [1.82, 2.24) is 9.55 Å². The maximum atomic E-state index is 11.3. The molecule has 7 heteroatoms. The molecule has 0 fully saturated rings. The lowest BCUT2D eigenvalue weighted by atomic mass is 10.2. The third-order valence-electron chi connectivity index (χ3n) is 2.74. The molecule has 0 aliphatic heterocycles. The summed E-state index contributed by atoms with van der Waals surface area (Å²) >= 11 is 3.47. The number of nitrogens with two attached hydrogens (primary N) is 1. The summed E-state index contributed by atoms with van der Waals surface area (Å²) in [6.45, 7) is 2.47. The highest BCUT2D eigenvalue weighted by Crippen LogP contribution is 2.19. The van der Waals surface area contributed by atoms with Gasteiger partial charge in [-0.2, -0.15) is 0 Å². The number of aryl methyl sites for hydroxylation is 1. The van der Waals surface area contributed by atoms with Crippen LogP contribution in [0, 0.1) is 0 Å². The Morgan fingerprint density at radius 2 is 2.05 bits per heavy atom. The summed E-state index contributed by atoms with van der Waals surface area (Å²) in [6, 6.07) is 7.78. The number of primary sulfonamides is 1. The molecular formula is C12H14BrN3O2S. The Morgan fingerprint density at radius 3 is 2.63 bits per heavy atom. The first-order valence-corrected chi connectivity index (χ1v) is 8.08. The van der Waals surface area contributed by atoms with Gasteiger partial charge in [0.1, 0.15) is 5.82 Å². The molecule has 1 aromatic carbocycles. The molecule has 0 radical (unpaired) electrons. The van der Waals surface area contributed by atoms with E-state index in [-0.39, 0.29) is 5.03 Å². The van der Waals surface area contributed by atoms with Gasteiger partial charge in [-0.05, 0) is 11.6 Å². The average molecular weight is 344 g/mol. The molecule has 5 nitrogen and oxygen atoms in total. The number of hydrogen-bond donors (Lipinski definition) is 1. The predicted octanol–water partition coefficient (Wildman–Crippen LogP) is 1.90. The molecule has 0 atom stereocenters. The Hall–Kier alpha value is -1.18. The van der Waals surface area contributed by atoms with Gasteiger partial charge in [-0.3, -0.25) is 0 Å². The molecule has 0 saturated heterocycles. The van der Waals surface area contributed by atoms with Gasteiger partial charge in [0.25, 0.3) is 10.0 Å². The fourth-order valence-electron chi connectivity index (χ4n) is 1.79. The number of nitrogens with zero attached hydrogens (tertiary/aromatic N) is 2. The summed E-state index contributed by atoms with van der Waals surface area (Å²) in [6.07, 6.45) is 2.12. The zero-order valence-electron chi connectivity index (χ0n) is 10.4. The third-order valence-corrected chi connectivity index (χ3v) is 4.30. The molecule has 19 heavy (non-hydrogen) atoms. The Morgan fingerprint density at radius 1 is 1.37 bits per heavy atom. The van der Waals surface area contributed by atoms with Crippen molar-refractivity contribution in [3.8, 4) is 0 Å². The molecule has 102 valence electrons. The van der Waals surface area contributed by atoms with Crippen molar-refractivity contribution < 1.29 is 8.42 Å². The van der Waals surface area contributed by atoms with Crippen LogP contribution in [-0.2, 0) is 23.0 Å². The lowest BCUT2D eigenvalue weighted by Gasteiger charge is -2.07. The molecule has 0 aliphatic rings. The second kappa shape index (κ2) is 5.44. The van der Waals surface area contributed by atoms with E-state index in [0.29, 0.717) is 18.8 Å². The maximum Gasteiger partial charge on any atom is 0.257 e. The number of sulfonamides is 1. The number of aromatic nitrogens is 2. The number of halogens is 1. The summed E-state index contributed by atoms with van der Waals surface area (Å²) in [5.74, 6) is 0.694. The molecule has 0 spiro atoms. The van der Waals surface area contributed by atoms with E-state index in [9.17, 15) is 8.42 Å². The SMILES string of the molecule is CCc1nc(S(N)(=O)=O)cn1Cc1ccccc1Br. The predicted molar refractivity (Wildman–Crippen MR) is 76.2 cm³/mol. The summed E-state index contributed by atoms with van der Waals surface area (Å²) in [4.78, 5) is 4.06. The first-order chi connectivity index (χ1) is 8.91. The molecule has 2 N–H and O–H groups in total. The van der Waals surface area contributed by atoms with Crippen molar-refractivity contribution >= 4 is 26.0 Å². The van der Waals surface area contributed by atoms with E-state index in [0.717, 1.165) is 10.0 Å². The van der Waals surface area contributed by atoms with Crippen LogP contribution in [0.4, 0.5) is 0 Å². The van der Waals surface area contributed by atoms with Crippen molar-refractivity contribution in [2.24, 2.45) is 5.14 Å². The Kier molecular flexibility index (Phi) is 4.07. The zero-order valence-corrected chi connectivity index (χ0v) is 12.8. The lowest BCUT2D eigenvalue weighted by Crippen LogP contribution is -2.12. The number of rotatable bonds is 4. The van der Waals surface area contributed by atoms with Crippen LogP contribution in [0.3, 0.4) is 0 Å². The van der Waals surface area contributed by atoms with Crippen molar-refractivity contribution in [3.63, 3.8) is 0 Å². The molecule has 0 saturated carbocycles. The van der Waals surface area contributed by atoms with Crippen LogP contribution >= 0.6 is 15.9 Å². The molecule has 2 aromatic rings. The molecule has 0 bridgehead atoms. The quantitative estimate of drug-likeness (QED) is 0.920. The van der Waals surface area contributed by atoms with Crippen LogP contribution in [0.25, 0.3) is 0 Å². The van der Waals surface area contributed by atoms with Crippen LogP contribution in [0.5, 0.6) is 0 Å². The second-order valence-electron chi connectivity index (χ2n) is 4.11. The Labute approximate surface area is 120 Å². The van der Waals surface area contributed by atoms with Gasteiger partial charge in [-0.15, -0.1) is 0 Å². The number of hydrogen-bond acceptors (Lipinski definition) is 3. The van der Waals surface area contributed by atoms with Crippen molar-refractivity contribution in [1.29, 1.82) is 0 Å². The molecule has 1 aromatic heterocycles. The second-order valence-corrected chi connectivity index (χ2v) is 6.48. The summed E-state index contributed by atoms with van der Waals surface area (Å²) in [7, 11) is -3.76. The van der Waals surface area contributed by atoms with E-state index in [2.05, 4.69) is 20.9 Å². The first-order valence-electron chi connectivity index (χ1n) is 5.74. The minimum absolute atomic E-state index is 0.0867. The topological polar surface area (TPSA) is 78.0 Å².